The minimum Gasteiger partial charge on any atom is -0.480 e. The van der Waals surface area contributed by atoms with Gasteiger partial charge in [0.05, 0.1) is 6.61 Å². The second-order valence-corrected chi connectivity index (χ2v) is 3.93. The molecule has 0 aliphatic rings. The molecule has 0 aliphatic heterocycles. The molecule has 0 aromatic carbocycles. The van der Waals surface area contributed by atoms with Gasteiger partial charge in [0.1, 0.15) is 6.04 Å². The maximum atomic E-state index is 11.1. The molecule has 0 heterocycles. The molecule has 0 saturated carbocycles. The van der Waals surface area contributed by atoms with Crippen LogP contribution in [0.1, 0.15) is 32.1 Å². The van der Waals surface area contributed by atoms with E-state index in [4.69, 9.17) is 15.6 Å². The number of amides is 1. The van der Waals surface area contributed by atoms with Crippen LogP contribution in [0.2, 0.25) is 0 Å². The van der Waals surface area contributed by atoms with Crippen molar-refractivity contribution in [3.63, 3.8) is 0 Å². The Morgan fingerprint density at radius 2 is 2.11 bits per heavy atom. The number of ether oxygens (including phenoxy) is 1. The maximum absolute atomic E-state index is 11.1. The molecule has 0 unspecified atom stereocenters. The largest absolute Gasteiger partial charge is 0.480 e. The van der Waals surface area contributed by atoms with Crippen molar-refractivity contribution in [1.82, 2.24) is 5.32 Å². The van der Waals surface area contributed by atoms with Gasteiger partial charge in [-0.3, -0.25) is 4.79 Å². The predicted molar refractivity (Wildman–Crippen MR) is 68.2 cm³/mol. The van der Waals surface area contributed by atoms with Crippen molar-refractivity contribution in [2.45, 2.75) is 38.1 Å². The van der Waals surface area contributed by atoms with E-state index in [1.165, 1.54) is 0 Å². The van der Waals surface area contributed by atoms with Gasteiger partial charge in [-0.2, -0.15) is 0 Å². The lowest BCUT2D eigenvalue weighted by Gasteiger charge is -2.07. The van der Waals surface area contributed by atoms with Gasteiger partial charge in [0.2, 0.25) is 0 Å². The Morgan fingerprint density at radius 3 is 2.72 bits per heavy atom. The topological polar surface area (TPSA) is 102 Å². The fourth-order valence-electron chi connectivity index (χ4n) is 1.25. The highest BCUT2D eigenvalue weighted by Crippen LogP contribution is 1.98. The Bertz CT molecular complexity index is 269. The molecule has 0 radical (unpaired) electrons. The molecule has 4 N–H and O–H groups in total. The molecular weight excluding hydrogens is 236 g/mol. The van der Waals surface area contributed by atoms with Crippen LogP contribution in [0.5, 0.6) is 0 Å². The number of carbonyl (C=O) groups excluding carboxylic acids is 1. The number of carboxylic acid groups (broad SMARTS) is 1. The first-order valence-corrected chi connectivity index (χ1v) is 6.07. The number of nitrogens with one attached hydrogen (secondary N) is 1. The first-order chi connectivity index (χ1) is 8.57. The first-order valence-electron chi connectivity index (χ1n) is 6.07. The summed E-state index contributed by atoms with van der Waals surface area (Å²) < 4.78 is 4.89. The third-order valence-electron chi connectivity index (χ3n) is 2.31. The number of nitrogens with two attached hydrogens (primary N) is 1. The number of hydrogen-bond donors (Lipinski definition) is 3. The standard InChI is InChI=1S/C12H22N2O4/c1-2-3-6-9-18-12(17)14-8-5-4-7-10(13)11(15)16/h2,10H,1,3-9,13H2,(H,14,17)(H,15,16)/t10-/m0/s1. The highest BCUT2D eigenvalue weighted by molar-refractivity contribution is 5.72. The minimum atomic E-state index is -0.996. The number of rotatable bonds is 10. The summed E-state index contributed by atoms with van der Waals surface area (Å²) in [6.45, 7) is 4.41. The lowest BCUT2D eigenvalue weighted by molar-refractivity contribution is -0.138. The van der Waals surface area contributed by atoms with Crippen LogP contribution < -0.4 is 11.1 Å². The zero-order valence-corrected chi connectivity index (χ0v) is 10.6. The molecule has 1 amide bonds. The number of hydrogen-bond acceptors (Lipinski definition) is 4. The SMILES string of the molecule is C=CCCCOC(=O)NCCCC[C@H](N)C(=O)O. The van der Waals surface area contributed by atoms with Crippen molar-refractivity contribution in [2.75, 3.05) is 13.2 Å². The Hall–Kier alpha value is -1.56. The Morgan fingerprint density at radius 1 is 1.39 bits per heavy atom. The van der Waals surface area contributed by atoms with Gasteiger partial charge < -0.3 is 20.9 Å². The Labute approximate surface area is 107 Å². The molecule has 0 spiro atoms. The summed E-state index contributed by atoms with van der Waals surface area (Å²) >= 11 is 0. The molecule has 1 atom stereocenters. The van der Waals surface area contributed by atoms with E-state index in [2.05, 4.69) is 11.9 Å². The van der Waals surface area contributed by atoms with Crippen molar-refractivity contribution >= 4 is 12.1 Å². The molecule has 0 aromatic heterocycles. The fourth-order valence-corrected chi connectivity index (χ4v) is 1.25. The van der Waals surface area contributed by atoms with Crippen LogP contribution in [0.15, 0.2) is 12.7 Å². The number of aliphatic carboxylic acids is 1. The van der Waals surface area contributed by atoms with Crippen LogP contribution in [-0.4, -0.2) is 36.4 Å². The lowest BCUT2D eigenvalue weighted by Crippen LogP contribution is -2.30. The average molecular weight is 258 g/mol. The van der Waals surface area contributed by atoms with Crippen LogP contribution >= 0.6 is 0 Å². The van der Waals surface area contributed by atoms with Gasteiger partial charge in [-0.1, -0.05) is 6.08 Å². The summed E-state index contributed by atoms with van der Waals surface area (Å²) in [7, 11) is 0. The number of alkyl carbamates (subject to hydrolysis) is 1. The van der Waals surface area contributed by atoms with Crippen molar-refractivity contribution in [1.29, 1.82) is 0 Å². The summed E-state index contributed by atoms with van der Waals surface area (Å²) in [5.41, 5.74) is 5.33. The molecule has 0 rings (SSSR count). The zero-order valence-electron chi connectivity index (χ0n) is 10.6. The Kier molecular flexibility index (Phi) is 9.67. The van der Waals surface area contributed by atoms with E-state index >= 15 is 0 Å². The predicted octanol–water partition coefficient (Wildman–Crippen LogP) is 1.26. The fraction of sp³-hybridized carbons (Fsp3) is 0.667. The monoisotopic (exact) mass is 258 g/mol. The average Bonchev–Trinajstić information content (AvgIpc) is 2.33. The number of carboxylic acids is 1. The van der Waals surface area contributed by atoms with E-state index in [9.17, 15) is 9.59 Å². The van der Waals surface area contributed by atoms with Gasteiger partial charge in [0.15, 0.2) is 0 Å². The van der Waals surface area contributed by atoms with Gasteiger partial charge in [-0.25, -0.2) is 4.79 Å². The zero-order chi connectivity index (χ0) is 13.8. The van der Waals surface area contributed by atoms with Crippen molar-refractivity contribution in [3.05, 3.63) is 12.7 Å². The number of allylic oxidation sites excluding steroid dienone is 1. The third-order valence-corrected chi connectivity index (χ3v) is 2.31. The number of carbonyl (C=O) groups is 2. The second-order valence-electron chi connectivity index (χ2n) is 3.93. The van der Waals surface area contributed by atoms with Gasteiger partial charge in [-0.05, 0) is 32.1 Å². The van der Waals surface area contributed by atoms with Crippen molar-refractivity contribution in [3.8, 4) is 0 Å². The van der Waals surface area contributed by atoms with E-state index in [0.717, 1.165) is 12.8 Å². The molecule has 6 nitrogen and oxygen atoms in total. The molecule has 104 valence electrons. The molecule has 0 bridgehead atoms. The van der Waals surface area contributed by atoms with Crippen molar-refractivity contribution in [2.24, 2.45) is 5.73 Å². The molecule has 0 fully saturated rings. The molecule has 0 aromatic rings. The van der Waals surface area contributed by atoms with E-state index in [-0.39, 0.29) is 0 Å². The summed E-state index contributed by atoms with van der Waals surface area (Å²) in [6, 6.07) is -0.823. The lowest BCUT2D eigenvalue weighted by atomic mass is 10.1. The van der Waals surface area contributed by atoms with E-state index in [1.807, 2.05) is 0 Å². The van der Waals surface area contributed by atoms with Gasteiger partial charge in [0.25, 0.3) is 0 Å². The molecule has 6 heteroatoms. The van der Waals surface area contributed by atoms with Crippen molar-refractivity contribution < 1.29 is 19.4 Å². The van der Waals surface area contributed by atoms with Crippen LogP contribution in [-0.2, 0) is 9.53 Å². The normalized spacial score (nSPS) is 11.6. The second kappa shape index (κ2) is 10.6. The summed E-state index contributed by atoms with van der Waals surface area (Å²) in [6.07, 6.45) is 4.66. The first kappa shape index (κ1) is 16.4. The van der Waals surface area contributed by atoms with Crippen LogP contribution in [0.4, 0.5) is 4.79 Å². The van der Waals surface area contributed by atoms with Gasteiger partial charge in [0, 0.05) is 6.54 Å². The molecule has 0 saturated heterocycles. The number of unbranched alkanes of at least 4 members (excludes halogenated alkanes) is 2. The third kappa shape index (κ3) is 9.65. The van der Waals surface area contributed by atoms with E-state index in [0.29, 0.717) is 32.4 Å². The van der Waals surface area contributed by atoms with E-state index < -0.39 is 18.1 Å². The highest BCUT2D eigenvalue weighted by Gasteiger charge is 2.10. The van der Waals surface area contributed by atoms with Gasteiger partial charge in [-0.15, -0.1) is 6.58 Å². The van der Waals surface area contributed by atoms with E-state index in [1.54, 1.807) is 6.08 Å². The summed E-state index contributed by atoms with van der Waals surface area (Å²) in [5.74, 6) is -0.996. The Balaban J connectivity index is 3.35. The summed E-state index contributed by atoms with van der Waals surface area (Å²) in [4.78, 5) is 21.6. The van der Waals surface area contributed by atoms with Crippen LogP contribution in [0, 0.1) is 0 Å². The molecule has 0 aliphatic carbocycles. The molecular formula is C12H22N2O4. The van der Waals surface area contributed by atoms with Gasteiger partial charge >= 0.3 is 12.1 Å². The highest BCUT2D eigenvalue weighted by atomic mass is 16.5. The summed E-state index contributed by atoms with van der Waals surface area (Å²) in [5, 5.41) is 11.1. The minimum absolute atomic E-state index is 0.377. The molecule has 18 heavy (non-hydrogen) atoms. The maximum Gasteiger partial charge on any atom is 0.407 e. The van der Waals surface area contributed by atoms with Crippen LogP contribution in [0.3, 0.4) is 0 Å². The quantitative estimate of drug-likeness (QED) is 0.404. The smallest absolute Gasteiger partial charge is 0.407 e. The van der Waals surface area contributed by atoms with Crippen LogP contribution in [0.25, 0.3) is 0 Å².